The summed E-state index contributed by atoms with van der Waals surface area (Å²) in [4.78, 5) is 9.34. The number of anilines is 1. The molecule has 0 amide bonds. The minimum Gasteiger partial charge on any atom is -0.502 e. The van der Waals surface area contributed by atoms with Gasteiger partial charge in [-0.15, -0.1) is 5.10 Å². The molecule has 0 saturated carbocycles. The summed E-state index contributed by atoms with van der Waals surface area (Å²) in [6.45, 7) is 1.47. The molecular weight excluding hydrogens is 292 g/mol. The van der Waals surface area contributed by atoms with Gasteiger partial charge in [-0.25, -0.2) is 13.1 Å². The molecule has 1 heterocycles. The number of sulfonamides is 1. The SMILES string of the molecule is Cc1nnc(NS(=O)(=O)c2ccc(O)c([N+](=O)[O-])c2)o1. The quantitative estimate of drug-likeness (QED) is 0.621. The summed E-state index contributed by atoms with van der Waals surface area (Å²) < 4.78 is 30.7. The van der Waals surface area contributed by atoms with E-state index in [2.05, 4.69) is 10.2 Å². The molecule has 0 radical (unpaired) electrons. The summed E-state index contributed by atoms with van der Waals surface area (Å²) in [6, 6.07) is 2.28. The third-order valence-electron chi connectivity index (χ3n) is 2.20. The molecule has 20 heavy (non-hydrogen) atoms. The standard InChI is InChI=1S/C9H8N4O6S/c1-5-10-11-9(19-5)12-20(17,18)6-2-3-8(14)7(4-6)13(15)16/h2-4,14H,1H3,(H,11,12). The fourth-order valence-electron chi connectivity index (χ4n) is 1.33. The van der Waals surface area contributed by atoms with Crippen LogP contribution in [0.5, 0.6) is 5.75 Å². The lowest BCUT2D eigenvalue weighted by Crippen LogP contribution is -2.13. The van der Waals surface area contributed by atoms with Gasteiger partial charge in [-0.3, -0.25) is 10.1 Å². The smallest absolute Gasteiger partial charge is 0.329 e. The predicted octanol–water partition coefficient (Wildman–Crippen LogP) is 0.793. The number of nitro benzene ring substituents is 1. The van der Waals surface area contributed by atoms with Crippen molar-refractivity contribution < 1.29 is 22.9 Å². The van der Waals surface area contributed by atoms with Gasteiger partial charge in [0.1, 0.15) is 0 Å². The van der Waals surface area contributed by atoms with E-state index in [1.54, 1.807) is 0 Å². The maximum Gasteiger partial charge on any atom is 0.329 e. The van der Waals surface area contributed by atoms with Gasteiger partial charge >= 0.3 is 11.7 Å². The molecule has 0 spiro atoms. The number of hydrogen-bond acceptors (Lipinski definition) is 8. The zero-order valence-corrected chi connectivity index (χ0v) is 10.8. The Balaban J connectivity index is 2.39. The van der Waals surface area contributed by atoms with Crippen LogP contribution in [0.2, 0.25) is 0 Å². The van der Waals surface area contributed by atoms with Gasteiger partial charge in [-0.2, -0.15) is 0 Å². The van der Waals surface area contributed by atoms with Crippen LogP contribution in [-0.4, -0.2) is 28.6 Å². The molecule has 0 aliphatic heterocycles. The second kappa shape index (κ2) is 4.77. The number of phenolic OH excluding ortho intramolecular Hbond substituents is 1. The molecule has 0 fully saturated rings. The Morgan fingerprint density at radius 2 is 2.10 bits per heavy atom. The van der Waals surface area contributed by atoms with Crippen LogP contribution in [0.4, 0.5) is 11.7 Å². The summed E-state index contributed by atoms with van der Waals surface area (Å²) >= 11 is 0. The van der Waals surface area contributed by atoms with Crippen LogP contribution in [0.1, 0.15) is 5.89 Å². The highest BCUT2D eigenvalue weighted by molar-refractivity contribution is 7.92. The Morgan fingerprint density at radius 1 is 1.40 bits per heavy atom. The molecule has 2 rings (SSSR count). The third-order valence-corrected chi connectivity index (χ3v) is 3.52. The lowest BCUT2D eigenvalue weighted by molar-refractivity contribution is -0.386. The van der Waals surface area contributed by atoms with Crippen molar-refractivity contribution in [2.24, 2.45) is 0 Å². The lowest BCUT2D eigenvalue weighted by atomic mass is 10.3. The number of aromatic hydroxyl groups is 1. The summed E-state index contributed by atoms with van der Waals surface area (Å²) in [5.41, 5.74) is -0.727. The molecule has 0 atom stereocenters. The third kappa shape index (κ3) is 2.66. The van der Waals surface area contributed by atoms with Crippen LogP contribution in [-0.2, 0) is 10.0 Å². The maximum absolute atomic E-state index is 12.0. The molecular formula is C9H8N4O6S. The van der Waals surface area contributed by atoms with Crippen molar-refractivity contribution in [1.82, 2.24) is 10.2 Å². The monoisotopic (exact) mass is 300 g/mol. The van der Waals surface area contributed by atoms with E-state index in [0.29, 0.717) is 0 Å². The minimum absolute atomic E-state index is 0.152. The van der Waals surface area contributed by atoms with Gasteiger partial charge in [0.15, 0.2) is 5.75 Å². The van der Waals surface area contributed by atoms with Crippen molar-refractivity contribution in [3.05, 3.63) is 34.2 Å². The molecule has 0 aliphatic carbocycles. The zero-order valence-electron chi connectivity index (χ0n) is 9.97. The van der Waals surface area contributed by atoms with E-state index in [1.165, 1.54) is 6.92 Å². The summed E-state index contributed by atoms with van der Waals surface area (Å²) in [7, 11) is -4.13. The average Bonchev–Trinajstić information content (AvgIpc) is 2.73. The number of nitrogens with one attached hydrogen (secondary N) is 1. The molecule has 0 saturated heterocycles. The number of benzene rings is 1. The molecule has 0 unspecified atom stereocenters. The molecule has 10 nitrogen and oxygen atoms in total. The number of aromatic nitrogens is 2. The van der Waals surface area contributed by atoms with Gasteiger partial charge in [0.25, 0.3) is 10.0 Å². The van der Waals surface area contributed by atoms with E-state index in [4.69, 9.17) is 4.42 Å². The fourth-order valence-corrected chi connectivity index (χ4v) is 2.27. The normalized spacial score (nSPS) is 11.2. The second-order valence-electron chi connectivity index (χ2n) is 3.64. The van der Waals surface area contributed by atoms with Crippen molar-refractivity contribution in [3.8, 4) is 5.75 Å². The van der Waals surface area contributed by atoms with E-state index in [0.717, 1.165) is 18.2 Å². The minimum atomic E-state index is -4.13. The highest BCUT2D eigenvalue weighted by Crippen LogP contribution is 2.28. The van der Waals surface area contributed by atoms with Crippen molar-refractivity contribution >= 4 is 21.7 Å². The largest absolute Gasteiger partial charge is 0.502 e. The van der Waals surface area contributed by atoms with E-state index < -0.39 is 31.3 Å². The number of nitro groups is 1. The van der Waals surface area contributed by atoms with Gasteiger partial charge < -0.3 is 9.52 Å². The van der Waals surface area contributed by atoms with E-state index in [1.807, 2.05) is 4.72 Å². The van der Waals surface area contributed by atoms with Crippen molar-refractivity contribution in [2.45, 2.75) is 11.8 Å². The van der Waals surface area contributed by atoms with E-state index in [9.17, 15) is 23.6 Å². The van der Waals surface area contributed by atoms with Crippen molar-refractivity contribution in [3.63, 3.8) is 0 Å². The van der Waals surface area contributed by atoms with E-state index >= 15 is 0 Å². The molecule has 2 aromatic rings. The molecule has 1 aromatic carbocycles. The first-order chi connectivity index (χ1) is 9.29. The Labute approximate surface area is 112 Å². The number of phenols is 1. The molecule has 2 N–H and O–H groups in total. The average molecular weight is 300 g/mol. The maximum atomic E-state index is 12.0. The summed E-state index contributed by atoms with van der Waals surface area (Å²) in [5, 5.41) is 26.8. The van der Waals surface area contributed by atoms with Gasteiger partial charge in [0, 0.05) is 13.0 Å². The van der Waals surface area contributed by atoms with Crippen LogP contribution in [0.25, 0.3) is 0 Å². The van der Waals surface area contributed by atoms with Gasteiger partial charge in [0.05, 0.1) is 9.82 Å². The molecule has 1 aromatic heterocycles. The van der Waals surface area contributed by atoms with Gasteiger partial charge in [-0.1, -0.05) is 5.10 Å². The number of aryl methyl sites for hydroxylation is 1. The second-order valence-corrected chi connectivity index (χ2v) is 5.32. The highest BCUT2D eigenvalue weighted by atomic mass is 32.2. The summed E-state index contributed by atoms with van der Waals surface area (Å²) in [6.07, 6.45) is 0. The molecule has 0 bridgehead atoms. The first kappa shape index (κ1) is 13.7. The molecule has 0 aliphatic rings. The zero-order chi connectivity index (χ0) is 14.9. The highest BCUT2D eigenvalue weighted by Gasteiger charge is 2.22. The lowest BCUT2D eigenvalue weighted by Gasteiger charge is -2.04. The molecule has 106 valence electrons. The predicted molar refractivity (Wildman–Crippen MR) is 64.6 cm³/mol. The Bertz CT molecular complexity index is 768. The Hall–Kier alpha value is -2.69. The first-order valence-corrected chi connectivity index (χ1v) is 6.58. The topological polar surface area (TPSA) is 148 Å². The molecule has 11 heteroatoms. The Morgan fingerprint density at radius 3 is 2.65 bits per heavy atom. The number of rotatable bonds is 4. The van der Waals surface area contributed by atoms with Crippen LogP contribution in [0.3, 0.4) is 0 Å². The van der Waals surface area contributed by atoms with Crippen molar-refractivity contribution in [1.29, 1.82) is 0 Å². The number of hydrogen-bond donors (Lipinski definition) is 2. The van der Waals surface area contributed by atoms with Crippen molar-refractivity contribution in [2.75, 3.05) is 4.72 Å². The van der Waals surface area contributed by atoms with Gasteiger partial charge in [0.2, 0.25) is 5.89 Å². The first-order valence-electron chi connectivity index (χ1n) is 5.10. The summed E-state index contributed by atoms with van der Waals surface area (Å²) in [5.74, 6) is -0.484. The Kier molecular flexibility index (Phi) is 3.28. The number of nitrogens with zero attached hydrogens (tertiary/aromatic N) is 3. The van der Waals surface area contributed by atoms with Gasteiger partial charge in [-0.05, 0) is 12.1 Å². The van der Waals surface area contributed by atoms with Crippen LogP contribution in [0, 0.1) is 17.0 Å². The van der Waals surface area contributed by atoms with Crippen LogP contribution >= 0.6 is 0 Å². The fraction of sp³-hybridized carbons (Fsp3) is 0.111. The van der Waals surface area contributed by atoms with Crippen LogP contribution in [0.15, 0.2) is 27.5 Å². The van der Waals surface area contributed by atoms with Crippen LogP contribution < -0.4 is 4.72 Å². The van der Waals surface area contributed by atoms with E-state index in [-0.39, 0.29) is 11.9 Å².